The van der Waals surface area contributed by atoms with E-state index in [-0.39, 0.29) is 5.57 Å². The van der Waals surface area contributed by atoms with E-state index < -0.39 is 17.8 Å². The molecule has 0 aliphatic carbocycles. The number of benzene rings is 1. The third-order valence-corrected chi connectivity index (χ3v) is 3.69. The van der Waals surface area contributed by atoms with Crippen LogP contribution in [0.25, 0.3) is 6.08 Å². The molecule has 0 unspecified atom stereocenters. The number of nitrogens with one attached hydrogen (secondary N) is 1. The summed E-state index contributed by atoms with van der Waals surface area (Å²) >= 11 is 0. The largest absolute Gasteiger partial charge is 0.497 e. The summed E-state index contributed by atoms with van der Waals surface area (Å²) in [5, 5.41) is 2.19. The van der Waals surface area contributed by atoms with Crippen LogP contribution in [0.3, 0.4) is 0 Å². The van der Waals surface area contributed by atoms with Crippen LogP contribution in [-0.2, 0) is 16.6 Å². The Morgan fingerprint density at radius 2 is 1.92 bits per heavy atom. The molecule has 2 aromatic rings. The van der Waals surface area contributed by atoms with Gasteiger partial charge in [0.15, 0.2) is 0 Å². The van der Waals surface area contributed by atoms with Crippen molar-refractivity contribution in [3.8, 4) is 5.75 Å². The van der Waals surface area contributed by atoms with E-state index in [9.17, 15) is 14.4 Å². The maximum Gasteiger partial charge on any atom is 0.335 e. The maximum absolute atomic E-state index is 12.7. The molecule has 0 spiro atoms. The van der Waals surface area contributed by atoms with Crippen LogP contribution in [0.1, 0.15) is 5.69 Å². The number of hydrogen-bond donors (Lipinski definition) is 1. The number of aromatic nitrogens is 1. The Morgan fingerprint density at radius 1 is 1.12 bits per heavy atom. The Morgan fingerprint density at radius 3 is 2.58 bits per heavy atom. The first-order valence-corrected chi connectivity index (χ1v) is 7.18. The molecule has 122 valence electrons. The van der Waals surface area contributed by atoms with E-state index in [0.717, 1.165) is 4.90 Å². The minimum Gasteiger partial charge on any atom is -0.497 e. The van der Waals surface area contributed by atoms with Crippen molar-refractivity contribution in [2.45, 2.75) is 0 Å². The van der Waals surface area contributed by atoms with Crippen molar-refractivity contribution in [2.75, 3.05) is 12.0 Å². The lowest BCUT2D eigenvalue weighted by atomic mass is 10.1. The molecule has 7 nitrogen and oxygen atoms in total. The van der Waals surface area contributed by atoms with Gasteiger partial charge in [0.05, 0.1) is 12.8 Å². The number of anilines is 1. The van der Waals surface area contributed by atoms with Gasteiger partial charge in [0.1, 0.15) is 11.3 Å². The van der Waals surface area contributed by atoms with Crippen molar-refractivity contribution in [2.24, 2.45) is 7.05 Å². The van der Waals surface area contributed by atoms with Gasteiger partial charge in [0, 0.05) is 25.0 Å². The Labute approximate surface area is 138 Å². The summed E-state index contributed by atoms with van der Waals surface area (Å²) in [4.78, 5) is 37.8. The molecule has 3 rings (SSSR count). The summed E-state index contributed by atoms with van der Waals surface area (Å²) in [6, 6.07) is 9.27. The summed E-state index contributed by atoms with van der Waals surface area (Å²) in [5.41, 5.74) is 0.884. The summed E-state index contributed by atoms with van der Waals surface area (Å²) in [6.45, 7) is 0. The fourth-order valence-corrected chi connectivity index (χ4v) is 2.41. The minimum absolute atomic E-state index is 0.112. The third-order valence-electron chi connectivity index (χ3n) is 3.69. The normalized spacial score (nSPS) is 16.5. The average Bonchev–Trinajstić information content (AvgIpc) is 2.96. The molecular weight excluding hydrogens is 310 g/mol. The Kier molecular flexibility index (Phi) is 3.91. The number of methoxy groups -OCH3 is 1. The van der Waals surface area contributed by atoms with Crippen LogP contribution in [0, 0.1) is 0 Å². The van der Waals surface area contributed by atoms with Crippen molar-refractivity contribution in [3.05, 3.63) is 53.9 Å². The number of urea groups is 1. The number of nitrogens with zero attached hydrogens (tertiary/aromatic N) is 2. The molecule has 0 saturated carbocycles. The number of barbiturate groups is 1. The van der Waals surface area contributed by atoms with E-state index in [4.69, 9.17) is 4.74 Å². The molecule has 1 saturated heterocycles. The van der Waals surface area contributed by atoms with Crippen molar-refractivity contribution >= 4 is 29.6 Å². The average molecular weight is 325 g/mol. The lowest BCUT2D eigenvalue weighted by molar-refractivity contribution is -0.122. The number of aryl methyl sites for hydroxylation is 1. The number of imide groups is 2. The van der Waals surface area contributed by atoms with Crippen LogP contribution in [-0.4, -0.2) is 29.5 Å². The molecule has 0 atom stereocenters. The number of rotatable bonds is 3. The zero-order chi connectivity index (χ0) is 17.3. The summed E-state index contributed by atoms with van der Waals surface area (Å²) in [7, 11) is 3.28. The zero-order valence-corrected chi connectivity index (χ0v) is 13.1. The second kappa shape index (κ2) is 6.04. The molecule has 1 aromatic heterocycles. The molecule has 1 fully saturated rings. The minimum atomic E-state index is -0.790. The van der Waals surface area contributed by atoms with Crippen LogP contribution in [0.2, 0.25) is 0 Å². The lowest BCUT2D eigenvalue weighted by Gasteiger charge is -2.26. The summed E-state index contributed by atoms with van der Waals surface area (Å²) < 4.78 is 6.87. The van der Waals surface area contributed by atoms with Crippen molar-refractivity contribution in [1.29, 1.82) is 0 Å². The van der Waals surface area contributed by atoms with E-state index in [1.165, 1.54) is 13.2 Å². The molecule has 24 heavy (non-hydrogen) atoms. The second-order valence-electron chi connectivity index (χ2n) is 5.20. The Balaban J connectivity index is 2.03. The van der Waals surface area contributed by atoms with Gasteiger partial charge in [-0.2, -0.15) is 0 Å². The van der Waals surface area contributed by atoms with Gasteiger partial charge >= 0.3 is 6.03 Å². The predicted molar refractivity (Wildman–Crippen MR) is 87.4 cm³/mol. The fourth-order valence-electron chi connectivity index (χ4n) is 2.41. The Hall–Kier alpha value is -3.35. The van der Waals surface area contributed by atoms with Crippen LogP contribution >= 0.6 is 0 Å². The van der Waals surface area contributed by atoms with Crippen molar-refractivity contribution in [3.63, 3.8) is 0 Å². The maximum atomic E-state index is 12.7. The molecular formula is C17H15N3O4. The van der Waals surface area contributed by atoms with Gasteiger partial charge in [0.2, 0.25) is 0 Å². The standard InChI is InChI=1S/C17H15N3O4/c1-19-8-4-6-11(19)10-14-15(21)18-17(23)20(16(14)22)12-5-3-7-13(9-12)24-2/h3-10H,1-2H3,(H,18,21,23)/b14-10-. The molecule has 0 radical (unpaired) electrons. The van der Waals surface area contributed by atoms with Gasteiger partial charge in [-0.1, -0.05) is 6.07 Å². The number of ether oxygens (including phenoxy) is 1. The number of amides is 4. The van der Waals surface area contributed by atoms with Crippen LogP contribution < -0.4 is 15.0 Å². The smallest absolute Gasteiger partial charge is 0.335 e. The molecule has 1 aromatic carbocycles. The molecule has 1 aliphatic heterocycles. The van der Waals surface area contributed by atoms with E-state index in [1.807, 2.05) is 0 Å². The number of hydrogen-bond acceptors (Lipinski definition) is 4. The van der Waals surface area contributed by atoms with Crippen molar-refractivity contribution < 1.29 is 19.1 Å². The van der Waals surface area contributed by atoms with Gasteiger partial charge in [0.25, 0.3) is 11.8 Å². The van der Waals surface area contributed by atoms with Gasteiger partial charge in [-0.05, 0) is 30.3 Å². The quantitative estimate of drug-likeness (QED) is 0.688. The highest BCUT2D eigenvalue weighted by Gasteiger charge is 2.37. The molecule has 7 heteroatoms. The summed E-state index contributed by atoms with van der Waals surface area (Å²) in [6.07, 6.45) is 3.25. The summed E-state index contributed by atoms with van der Waals surface area (Å²) in [5.74, 6) is -0.901. The van der Waals surface area contributed by atoms with Crippen LogP contribution in [0.4, 0.5) is 10.5 Å². The molecule has 1 aliphatic rings. The molecule has 0 bridgehead atoms. The predicted octanol–water partition coefficient (Wildman–Crippen LogP) is 1.70. The fraction of sp³-hybridized carbons (Fsp3) is 0.118. The highest BCUT2D eigenvalue weighted by Crippen LogP contribution is 2.25. The second-order valence-corrected chi connectivity index (χ2v) is 5.20. The van der Waals surface area contributed by atoms with Crippen molar-refractivity contribution in [1.82, 2.24) is 9.88 Å². The first-order chi connectivity index (χ1) is 11.5. The third kappa shape index (κ3) is 2.67. The monoisotopic (exact) mass is 325 g/mol. The van der Waals surface area contributed by atoms with E-state index >= 15 is 0 Å². The van der Waals surface area contributed by atoms with Crippen LogP contribution in [0.5, 0.6) is 5.75 Å². The first kappa shape index (κ1) is 15.5. The number of carbonyl (C=O) groups is 3. The van der Waals surface area contributed by atoms with E-state index in [1.54, 1.807) is 54.2 Å². The van der Waals surface area contributed by atoms with E-state index in [0.29, 0.717) is 17.1 Å². The SMILES string of the molecule is COc1cccc(N2C(=O)NC(=O)/C(=C/c3cccn3C)C2=O)c1. The van der Waals surface area contributed by atoms with Crippen LogP contribution in [0.15, 0.2) is 48.2 Å². The van der Waals surface area contributed by atoms with Gasteiger partial charge in [-0.15, -0.1) is 0 Å². The first-order valence-electron chi connectivity index (χ1n) is 7.18. The molecule has 2 heterocycles. The topological polar surface area (TPSA) is 80.6 Å². The highest BCUT2D eigenvalue weighted by molar-refractivity contribution is 6.39. The van der Waals surface area contributed by atoms with Gasteiger partial charge in [-0.25, -0.2) is 9.69 Å². The lowest BCUT2D eigenvalue weighted by Crippen LogP contribution is -2.54. The van der Waals surface area contributed by atoms with Gasteiger partial charge in [-0.3, -0.25) is 14.9 Å². The Bertz CT molecular complexity index is 866. The highest BCUT2D eigenvalue weighted by atomic mass is 16.5. The zero-order valence-electron chi connectivity index (χ0n) is 13.1. The molecule has 4 amide bonds. The van der Waals surface area contributed by atoms with E-state index in [2.05, 4.69) is 5.32 Å². The molecule has 1 N–H and O–H groups in total. The number of carbonyl (C=O) groups excluding carboxylic acids is 3. The van der Waals surface area contributed by atoms with Gasteiger partial charge < -0.3 is 9.30 Å².